The Hall–Kier alpha value is -4.18. The molecule has 2 heterocycles. The highest BCUT2D eigenvalue weighted by Gasteiger charge is 2.24. The standard InChI is InChI=1S/C25H23N3O6S/c1-4-33-25(31)21-19-14-35-23(26-22(29)15(2)34-18-8-6-5-7-9-18)20(19)24(30)28(27-21)16-10-12-17(32-3)13-11-16/h5-15H,4H2,1-3H3,(H,26,29)/t15-/m1/s1. The molecule has 0 unspecified atom stereocenters. The number of nitrogens with zero attached hydrogens (tertiary/aromatic N) is 2. The molecule has 9 nitrogen and oxygen atoms in total. The monoisotopic (exact) mass is 493 g/mol. The van der Waals surface area contributed by atoms with Crippen LogP contribution in [0, 0.1) is 0 Å². The zero-order valence-corrected chi connectivity index (χ0v) is 20.1. The maximum atomic E-state index is 13.5. The first-order chi connectivity index (χ1) is 16.9. The molecule has 0 spiro atoms. The Morgan fingerprint density at radius 1 is 1.09 bits per heavy atom. The summed E-state index contributed by atoms with van der Waals surface area (Å²) in [4.78, 5) is 39.0. The first-order valence-corrected chi connectivity index (χ1v) is 11.7. The van der Waals surface area contributed by atoms with Crippen LogP contribution in [0.2, 0.25) is 0 Å². The highest BCUT2D eigenvalue weighted by atomic mass is 32.1. The van der Waals surface area contributed by atoms with Gasteiger partial charge in [0.05, 0.1) is 24.8 Å². The van der Waals surface area contributed by atoms with Gasteiger partial charge in [0, 0.05) is 10.8 Å². The van der Waals surface area contributed by atoms with Crippen LogP contribution in [-0.2, 0) is 9.53 Å². The van der Waals surface area contributed by atoms with Gasteiger partial charge in [0.25, 0.3) is 11.5 Å². The van der Waals surface area contributed by atoms with Crippen LogP contribution in [0.3, 0.4) is 0 Å². The van der Waals surface area contributed by atoms with E-state index in [1.165, 1.54) is 7.11 Å². The first kappa shape index (κ1) is 24.0. The molecule has 180 valence electrons. The molecule has 0 saturated carbocycles. The van der Waals surface area contributed by atoms with Crippen LogP contribution in [0.25, 0.3) is 16.5 Å². The Morgan fingerprint density at radius 2 is 1.80 bits per heavy atom. The lowest BCUT2D eigenvalue weighted by atomic mass is 10.2. The molecule has 4 aromatic rings. The highest BCUT2D eigenvalue weighted by molar-refractivity contribution is 7.16. The predicted octanol–water partition coefficient (Wildman–Crippen LogP) is 4.04. The summed E-state index contributed by atoms with van der Waals surface area (Å²) in [6.45, 7) is 3.44. The molecule has 1 N–H and O–H groups in total. The number of fused-ring (bicyclic) bond motifs is 1. The van der Waals surface area contributed by atoms with Crippen molar-refractivity contribution < 1.29 is 23.8 Å². The summed E-state index contributed by atoms with van der Waals surface area (Å²) in [7, 11) is 1.53. The molecule has 0 radical (unpaired) electrons. The van der Waals surface area contributed by atoms with Gasteiger partial charge >= 0.3 is 5.97 Å². The molecule has 4 rings (SSSR count). The third-order valence-electron chi connectivity index (χ3n) is 5.10. The second-order valence-corrected chi connectivity index (χ2v) is 8.28. The quantitative estimate of drug-likeness (QED) is 0.369. The minimum absolute atomic E-state index is 0.0254. The van der Waals surface area contributed by atoms with Crippen molar-refractivity contribution in [1.29, 1.82) is 0 Å². The zero-order valence-electron chi connectivity index (χ0n) is 19.3. The third kappa shape index (κ3) is 5.02. The Bertz CT molecular complexity index is 1410. The number of carbonyl (C=O) groups excluding carboxylic acids is 2. The van der Waals surface area contributed by atoms with Gasteiger partial charge in [0.2, 0.25) is 0 Å². The number of hydrogen-bond donors (Lipinski definition) is 1. The summed E-state index contributed by atoms with van der Waals surface area (Å²) in [5.41, 5.74) is -0.0958. The number of thiophene rings is 1. The minimum Gasteiger partial charge on any atom is -0.497 e. The number of rotatable bonds is 8. The number of carbonyl (C=O) groups is 2. The second kappa shape index (κ2) is 10.4. The fourth-order valence-electron chi connectivity index (χ4n) is 3.36. The van der Waals surface area contributed by atoms with Gasteiger partial charge in [0.1, 0.15) is 16.5 Å². The Morgan fingerprint density at radius 3 is 2.46 bits per heavy atom. The van der Waals surface area contributed by atoms with Gasteiger partial charge in [-0.05, 0) is 50.2 Å². The molecule has 1 atom stereocenters. The molecule has 1 amide bonds. The average Bonchev–Trinajstić information content (AvgIpc) is 3.29. The number of nitrogens with one attached hydrogen (secondary N) is 1. The fourth-order valence-corrected chi connectivity index (χ4v) is 4.30. The molecule has 0 aliphatic carbocycles. The molecule has 10 heteroatoms. The highest BCUT2D eigenvalue weighted by Crippen LogP contribution is 2.31. The van der Waals surface area contributed by atoms with Crippen LogP contribution in [0.4, 0.5) is 5.00 Å². The van der Waals surface area contributed by atoms with E-state index in [1.807, 2.05) is 6.07 Å². The smallest absolute Gasteiger partial charge is 0.359 e. The normalized spacial score (nSPS) is 11.6. The van der Waals surface area contributed by atoms with E-state index < -0.39 is 23.5 Å². The molecule has 0 aliphatic rings. The summed E-state index contributed by atoms with van der Waals surface area (Å²) >= 11 is 1.12. The van der Waals surface area contributed by atoms with Crippen LogP contribution in [0.15, 0.2) is 64.8 Å². The topological polar surface area (TPSA) is 109 Å². The lowest BCUT2D eigenvalue weighted by molar-refractivity contribution is -0.122. The van der Waals surface area contributed by atoms with Crippen LogP contribution in [-0.4, -0.2) is 41.5 Å². The average molecular weight is 494 g/mol. The van der Waals surface area contributed by atoms with Crippen molar-refractivity contribution in [3.63, 3.8) is 0 Å². The second-order valence-electron chi connectivity index (χ2n) is 7.40. The Kier molecular flexibility index (Phi) is 7.11. The number of methoxy groups -OCH3 is 1. The molecular weight excluding hydrogens is 470 g/mol. The summed E-state index contributed by atoms with van der Waals surface area (Å²) in [5.74, 6) is 0.0324. The molecule has 0 aliphatic heterocycles. The van der Waals surface area contributed by atoms with Crippen molar-refractivity contribution in [3.05, 3.63) is 76.0 Å². The molecule has 0 saturated heterocycles. The summed E-state index contributed by atoms with van der Waals surface area (Å²) in [6, 6.07) is 15.6. The van der Waals surface area contributed by atoms with Crippen LogP contribution in [0.1, 0.15) is 24.3 Å². The molecular formula is C25H23N3O6S. The van der Waals surface area contributed by atoms with E-state index in [9.17, 15) is 14.4 Å². The van der Waals surface area contributed by atoms with E-state index in [4.69, 9.17) is 14.2 Å². The lowest BCUT2D eigenvalue weighted by Gasteiger charge is -2.14. The SMILES string of the molecule is CCOC(=O)c1nn(-c2ccc(OC)cc2)c(=O)c2c(NC(=O)[C@@H](C)Oc3ccccc3)scc12. The summed E-state index contributed by atoms with van der Waals surface area (Å²) in [6.07, 6.45) is -0.829. The van der Waals surface area contributed by atoms with Gasteiger partial charge in [0.15, 0.2) is 11.8 Å². The van der Waals surface area contributed by atoms with Gasteiger partial charge in [-0.25, -0.2) is 4.79 Å². The Balaban J connectivity index is 1.75. The van der Waals surface area contributed by atoms with Crippen molar-refractivity contribution >= 4 is 39.0 Å². The van der Waals surface area contributed by atoms with Crippen molar-refractivity contribution in [3.8, 4) is 17.2 Å². The van der Waals surface area contributed by atoms with Crippen molar-refractivity contribution in [2.45, 2.75) is 20.0 Å². The zero-order chi connectivity index (χ0) is 24.9. The number of benzene rings is 2. The van der Waals surface area contributed by atoms with E-state index in [-0.39, 0.29) is 22.7 Å². The number of ether oxygens (including phenoxy) is 3. The van der Waals surface area contributed by atoms with Gasteiger partial charge in [-0.2, -0.15) is 9.78 Å². The number of esters is 1. The maximum Gasteiger partial charge on any atom is 0.359 e. The van der Waals surface area contributed by atoms with Gasteiger partial charge in [-0.15, -0.1) is 11.3 Å². The lowest BCUT2D eigenvalue weighted by Crippen LogP contribution is -2.31. The first-order valence-electron chi connectivity index (χ1n) is 10.8. The number of hydrogen-bond acceptors (Lipinski definition) is 8. The fraction of sp³-hybridized carbons (Fsp3) is 0.200. The van der Waals surface area contributed by atoms with Gasteiger partial charge < -0.3 is 19.5 Å². The molecule has 0 fully saturated rings. The molecule has 2 aromatic carbocycles. The molecule has 35 heavy (non-hydrogen) atoms. The van der Waals surface area contributed by atoms with Gasteiger partial charge in [-0.3, -0.25) is 9.59 Å². The maximum absolute atomic E-state index is 13.5. The molecule has 2 aromatic heterocycles. The number of amides is 1. The van der Waals surface area contributed by atoms with E-state index in [0.29, 0.717) is 22.6 Å². The van der Waals surface area contributed by atoms with E-state index in [0.717, 1.165) is 16.0 Å². The molecule has 0 bridgehead atoms. The van der Waals surface area contributed by atoms with E-state index >= 15 is 0 Å². The number of para-hydroxylation sites is 1. The summed E-state index contributed by atoms with van der Waals surface area (Å²) < 4.78 is 17.1. The Labute approximate surface area is 204 Å². The van der Waals surface area contributed by atoms with Crippen molar-refractivity contribution in [2.24, 2.45) is 0 Å². The summed E-state index contributed by atoms with van der Waals surface area (Å²) in [5, 5.41) is 9.40. The van der Waals surface area contributed by atoms with Gasteiger partial charge in [-0.1, -0.05) is 18.2 Å². The predicted molar refractivity (Wildman–Crippen MR) is 133 cm³/mol. The van der Waals surface area contributed by atoms with E-state index in [2.05, 4.69) is 10.4 Å². The van der Waals surface area contributed by atoms with Crippen LogP contribution in [0.5, 0.6) is 11.5 Å². The van der Waals surface area contributed by atoms with Crippen molar-refractivity contribution in [2.75, 3.05) is 19.0 Å². The van der Waals surface area contributed by atoms with E-state index in [1.54, 1.807) is 67.8 Å². The number of aromatic nitrogens is 2. The van der Waals surface area contributed by atoms with Crippen LogP contribution >= 0.6 is 11.3 Å². The largest absolute Gasteiger partial charge is 0.497 e. The van der Waals surface area contributed by atoms with Crippen LogP contribution < -0.4 is 20.3 Å². The third-order valence-corrected chi connectivity index (χ3v) is 6.00. The minimum atomic E-state index is -0.829. The number of anilines is 1. The van der Waals surface area contributed by atoms with Crippen molar-refractivity contribution in [1.82, 2.24) is 9.78 Å².